The Morgan fingerprint density at radius 1 is 1.20 bits per heavy atom. The predicted octanol–water partition coefficient (Wildman–Crippen LogP) is 2.60. The first-order valence-electron chi connectivity index (χ1n) is 9.19. The molecular weight excluding hydrogens is 318 g/mol. The largest absolute Gasteiger partial charge is 0.509 e. The van der Waals surface area contributed by atoms with E-state index in [1.54, 1.807) is 21.3 Å². The average molecular weight is 347 g/mol. The fourth-order valence-electron chi connectivity index (χ4n) is 5.48. The van der Waals surface area contributed by atoms with Crippen molar-refractivity contribution < 1.29 is 19.3 Å². The van der Waals surface area contributed by atoms with Crippen LogP contribution in [0, 0.1) is 5.41 Å². The lowest BCUT2D eigenvalue weighted by molar-refractivity contribution is -0.0501. The van der Waals surface area contributed by atoms with Gasteiger partial charge in [-0.05, 0) is 50.4 Å². The Morgan fingerprint density at radius 3 is 2.68 bits per heavy atom. The summed E-state index contributed by atoms with van der Waals surface area (Å²) in [5.74, 6) is 0.430. The number of aliphatic hydroxyl groups excluding tert-OH is 1. The highest BCUT2D eigenvalue weighted by molar-refractivity contribution is 5.55. The van der Waals surface area contributed by atoms with Crippen molar-refractivity contribution in [1.82, 2.24) is 4.90 Å². The molecule has 0 spiro atoms. The number of nitrogens with zero attached hydrogens (tertiary/aromatic N) is 1. The number of rotatable bonds is 3. The number of likely N-dealkylation sites (tertiary alicyclic amines) is 1. The van der Waals surface area contributed by atoms with E-state index in [-0.39, 0.29) is 23.7 Å². The van der Waals surface area contributed by atoms with Gasteiger partial charge in [0.25, 0.3) is 0 Å². The summed E-state index contributed by atoms with van der Waals surface area (Å²) in [6, 6.07) is 0.381. The van der Waals surface area contributed by atoms with Gasteiger partial charge in [-0.1, -0.05) is 12.2 Å². The fourth-order valence-corrected chi connectivity index (χ4v) is 5.48. The van der Waals surface area contributed by atoms with Crippen LogP contribution < -0.4 is 0 Å². The Balaban J connectivity index is 1.90. The molecule has 5 nitrogen and oxygen atoms in total. The number of hydrogen-bond acceptors (Lipinski definition) is 5. The van der Waals surface area contributed by atoms with Crippen LogP contribution in [0.25, 0.3) is 0 Å². The zero-order valence-corrected chi connectivity index (χ0v) is 15.6. The van der Waals surface area contributed by atoms with E-state index in [9.17, 15) is 5.11 Å². The van der Waals surface area contributed by atoms with Crippen molar-refractivity contribution in [2.45, 2.75) is 50.0 Å². The Morgan fingerprint density at radius 2 is 2.00 bits per heavy atom. The molecule has 2 bridgehead atoms. The lowest BCUT2D eigenvalue weighted by Crippen LogP contribution is -2.57. The van der Waals surface area contributed by atoms with Crippen LogP contribution in [-0.4, -0.2) is 69.3 Å². The van der Waals surface area contributed by atoms with E-state index >= 15 is 0 Å². The third-order valence-corrected chi connectivity index (χ3v) is 6.81. The maximum absolute atomic E-state index is 11.1. The molecule has 4 rings (SSSR count). The molecule has 1 saturated carbocycles. The van der Waals surface area contributed by atoms with Crippen molar-refractivity contribution in [2.24, 2.45) is 5.41 Å². The van der Waals surface area contributed by atoms with E-state index < -0.39 is 0 Å². The quantitative estimate of drug-likeness (QED) is 0.796. The number of likely N-dealkylation sites (N-methyl/N-ethyl adjacent to an activating group) is 1. The van der Waals surface area contributed by atoms with Crippen LogP contribution in [0.2, 0.25) is 0 Å². The number of aliphatic hydroxyl groups is 1. The molecule has 1 heterocycles. The summed E-state index contributed by atoms with van der Waals surface area (Å²) >= 11 is 0. The van der Waals surface area contributed by atoms with Gasteiger partial charge in [0.2, 0.25) is 0 Å². The van der Waals surface area contributed by atoms with Gasteiger partial charge in [-0.25, -0.2) is 0 Å². The Bertz CT molecular complexity index is 652. The van der Waals surface area contributed by atoms with Gasteiger partial charge < -0.3 is 19.3 Å². The predicted molar refractivity (Wildman–Crippen MR) is 95.5 cm³/mol. The molecule has 5 unspecified atom stereocenters. The number of piperidine rings is 1. The van der Waals surface area contributed by atoms with E-state index in [1.807, 2.05) is 0 Å². The lowest BCUT2D eigenvalue weighted by atomic mass is 9.53. The highest BCUT2D eigenvalue weighted by atomic mass is 16.5. The third-order valence-electron chi connectivity index (χ3n) is 6.81. The normalized spacial score (nSPS) is 41.0. The molecular formula is C20H29NO4. The van der Waals surface area contributed by atoms with Gasteiger partial charge in [-0.2, -0.15) is 0 Å². The minimum absolute atomic E-state index is 0.000350. The summed E-state index contributed by atoms with van der Waals surface area (Å²) in [5.41, 5.74) is 3.65. The molecule has 138 valence electrons. The van der Waals surface area contributed by atoms with Gasteiger partial charge in [-0.15, -0.1) is 0 Å². The first-order valence-corrected chi connectivity index (χ1v) is 9.19. The highest BCUT2D eigenvalue weighted by Crippen LogP contribution is 2.60. The second kappa shape index (κ2) is 6.23. The zero-order valence-electron chi connectivity index (χ0n) is 15.6. The zero-order chi connectivity index (χ0) is 17.8. The van der Waals surface area contributed by atoms with Crippen LogP contribution >= 0.6 is 0 Å². The minimum atomic E-state index is -0.230. The van der Waals surface area contributed by atoms with E-state index in [4.69, 9.17) is 14.2 Å². The maximum Gasteiger partial charge on any atom is 0.126 e. The maximum atomic E-state index is 11.1. The molecule has 0 aromatic heterocycles. The molecule has 2 fully saturated rings. The smallest absolute Gasteiger partial charge is 0.126 e. The fraction of sp³-hybridized carbons (Fsp3) is 0.700. The van der Waals surface area contributed by atoms with Crippen molar-refractivity contribution in [1.29, 1.82) is 0 Å². The number of allylic oxidation sites excluding steroid dienone is 1. The number of hydrogen-bond donors (Lipinski definition) is 1. The van der Waals surface area contributed by atoms with E-state index in [2.05, 4.69) is 24.1 Å². The van der Waals surface area contributed by atoms with Crippen LogP contribution in [0.15, 0.2) is 34.6 Å². The first-order chi connectivity index (χ1) is 12.1. The molecule has 0 amide bonds. The third kappa shape index (κ3) is 2.36. The minimum Gasteiger partial charge on any atom is -0.509 e. The number of ether oxygens (including phenoxy) is 3. The summed E-state index contributed by atoms with van der Waals surface area (Å²) in [6.07, 6.45) is 7.84. The standard InChI is InChI=1S/C20H29NO4/c1-21-8-7-20-11-17(25-4)16(24-3)10-13(20)14(21)9-12-5-6-15(23-2)19(22)18(12)20/h5,10,14-17,22H,6-9,11H2,1-4H3. The van der Waals surface area contributed by atoms with E-state index in [0.717, 1.165) is 37.8 Å². The summed E-state index contributed by atoms with van der Waals surface area (Å²) in [5, 5.41) is 11.1. The van der Waals surface area contributed by atoms with Crippen LogP contribution in [-0.2, 0) is 14.2 Å². The molecule has 4 aliphatic rings. The summed E-state index contributed by atoms with van der Waals surface area (Å²) < 4.78 is 17.0. The van der Waals surface area contributed by atoms with Crippen molar-refractivity contribution >= 4 is 0 Å². The van der Waals surface area contributed by atoms with Crippen LogP contribution in [0.1, 0.15) is 25.7 Å². The van der Waals surface area contributed by atoms with Gasteiger partial charge in [0.05, 0.1) is 6.10 Å². The van der Waals surface area contributed by atoms with Crippen LogP contribution in [0.5, 0.6) is 0 Å². The molecule has 1 N–H and O–H groups in total. The monoisotopic (exact) mass is 347 g/mol. The topological polar surface area (TPSA) is 51.2 Å². The van der Waals surface area contributed by atoms with Crippen LogP contribution in [0.3, 0.4) is 0 Å². The van der Waals surface area contributed by atoms with Gasteiger partial charge in [-0.3, -0.25) is 4.90 Å². The molecule has 25 heavy (non-hydrogen) atoms. The molecule has 5 heteroatoms. The molecule has 0 aromatic rings. The lowest BCUT2D eigenvalue weighted by Gasteiger charge is -2.58. The molecule has 3 aliphatic carbocycles. The van der Waals surface area contributed by atoms with Gasteiger partial charge in [0.15, 0.2) is 0 Å². The molecule has 1 saturated heterocycles. The summed E-state index contributed by atoms with van der Waals surface area (Å²) in [7, 11) is 7.38. The van der Waals surface area contributed by atoms with Crippen molar-refractivity contribution in [3.05, 3.63) is 34.6 Å². The van der Waals surface area contributed by atoms with Crippen molar-refractivity contribution in [3.63, 3.8) is 0 Å². The van der Waals surface area contributed by atoms with Crippen LogP contribution in [0.4, 0.5) is 0 Å². The SMILES string of the molecule is COC1CC=C2CC3C4=CC(OC)C(OC)CC4(CCN3C)C2=C1O. The molecule has 0 aromatic carbocycles. The van der Waals surface area contributed by atoms with Gasteiger partial charge in [0.1, 0.15) is 18.0 Å². The number of methoxy groups -OCH3 is 3. The summed E-state index contributed by atoms with van der Waals surface area (Å²) in [6.45, 7) is 1.03. The Hall–Kier alpha value is -1.14. The average Bonchev–Trinajstić information content (AvgIpc) is 2.63. The molecule has 5 atom stereocenters. The Kier molecular flexibility index (Phi) is 4.31. The molecule has 1 aliphatic heterocycles. The van der Waals surface area contributed by atoms with Crippen molar-refractivity contribution in [2.75, 3.05) is 34.9 Å². The highest BCUT2D eigenvalue weighted by Gasteiger charge is 2.56. The number of fused-ring (bicyclic) bond motifs is 1. The second-order valence-corrected chi connectivity index (χ2v) is 7.78. The second-order valence-electron chi connectivity index (χ2n) is 7.78. The van der Waals surface area contributed by atoms with E-state index in [0.29, 0.717) is 11.8 Å². The summed E-state index contributed by atoms with van der Waals surface area (Å²) in [4.78, 5) is 2.45. The van der Waals surface area contributed by atoms with Gasteiger partial charge >= 0.3 is 0 Å². The van der Waals surface area contributed by atoms with E-state index in [1.165, 1.54) is 11.1 Å². The van der Waals surface area contributed by atoms with Gasteiger partial charge in [0, 0.05) is 38.4 Å². The van der Waals surface area contributed by atoms with Crippen molar-refractivity contribution in [3.8, 4) is 0 Å². The molecule has 0 radical (unpaired) electrons. The Labute approximate surface area is 149 Å². The first kappa shape index (κ1) is 17.3.